The Bertz CT molecular complexity index is 1160. The first-order valence-electron chi connectivity index (χ1n) is 10.2. The fourth-order valence-corrected chi connectivity index (χ4v) is 4.25. The molecule has 0 bridgehead atoms. The van der Waals surface area contributed by atoms with E-state index in [2.05, 4.69) is 38.2 Å². The molecule has 1 atom stereocenters. The molecule has 2 aromatic carbocycles. The molecular formula is C23H25BrN4O2. The molecule has 2 heterocycles. The second kappa shape index (κ2) is 8.60. The van der Waals surface area contributed by atoms with Crippen molar-refractivity contribution in [3.63, 3.8) is 0 Å². The summed E-state index contributed by atoms with van der Waals surface area (Å²) >= 11 is 3.46. The van der Waals surface area contributed by atoms with Crippen LogP contribution < -0.4 is 15.8 Å². The smallest absolute Gasteiger partial charge is 0.275 e. The summed E-state index contributed by atoms with van der Waals surface area (Å²) in [6.07, 6.45) is 2.29. The zero-order valence-electron chi connectivity index (χ0n) is 17.2. The Morgan fingerprint density at radius 2 is 2.00 bits per heavy atom. The van der Waals surface area contributed by atoms with Gasteiger partial charge < -0.3 is 10.2 Å². The van der Waals surface area contributed by atoms with Gasteiger partial charge in [-0.3, -0.25) is 9.59 Å². The van der Waals surface area contributed by atoms with Crippen LogP contribution in [-0.4, -0.2) is 28.8 Å². The highest BCUT2D eigenvalue weighted by atomic mass is 79.9. The van der Waals surface area contributed by atoms with Gasteiger partial charge in [0.15, 0.2) is 5.82 Å². The molecule has 1 N–H and O–H groups in total. The molecule has 7 heteroatoms. The van der Waals surface area contributed by atoms with Crippen LogP contribution in [0.3, 0.4) is 0 Å². The van der Waals surface area contributed by atoms with Gasteiger partial charge in [0, 0.05) is 28.6 Å². The van der Waals surface area contributed by atoms with E-state index in [0.29, 0.717) is 17.0 Å². The Morgan fingerprint density at radius 3 is 2.73 bits per heavy atom. The van der Waals surface area contributed by atoms with Crippen molar-refractivity contribution in [3.05, 3.63) is 62.9 Å². The van der Waals surface area contributed by atoms with Crippen molar-refractivity contribution in [1.29, 1.82) is 0 Å². The molecule has 6 nitrogen and oxygen atoms in total. The molecule has 0 spiro atoms. The van der Waals surface area contributed by atoms with Crippen LogP contribution in [0.2, 0.25) is 0 Å². The minimum absolute atomic E-state index is 0.130. The maximum atomic E-state index is 13.0. The van der Waals surface area contributed by atoms with E-state index in [9.17, 15) is 9.59 Å². The predicted molar refractivity (Wildman–Crippen MR) is 124 cm³/mol. The third-order valence-electron chi connectivity index (χ3n) is 5.54. The molecule has 1 saturated heterocycles. The zero-order valence-corrected chi connectivity index (χ0v) is 18.8. The standard InChI is InChI=1S/C23H25BrN4O2/c1-15-6-5-11-27(13-15)22-18-7-3-4-8-19(18)23(30)28(26-22)14-21(29)25-17-9-10-20(24)16(2)12-17/h3-4,7-10,12,15H,5-6,11,13-14H2,1-2H3,(H,25,29). The second-order valence-electron chi connectivity index (χ2n) is 8.04. The molecular weight excluding hydrogens is 444 g/mol. The van der Waals surface area contributed by atoms with Crippen molar-refractivity contribution in [2.75, 3.05) is 23.3 Å². The van der Waals surface area contributed by atoms with Crippen molar-refractivity contribution in [2.45, 2.75) is 33.2 Å². The number of carbonyl (C=O) groups is 1. The van der Waals surface area contributed by atoms with Gasteiger partial charge in [0.05, 0.1) is 5.39 Å². The number of benzene rings is 2. The third-order valence-corrected chi connectivity index (χ3v) is 6.43. The van der Waals surface area contributed by atoms with E-state index in [1.165, 1.54) is 11.1 Å². The quantitative estimate of drug-likeness (QED) is 0.618. The fraction of sp³-hybridized carbons (Fsp3) is 0.348. The first-order valence-corrected chi connectivity index (χ1v) is 11.0. The van der Waals surface area contributed by atoms with Crippen LogP contribution in [0.4, 0.5) is 11.5 Å². The van der Waals surface area contributed by atoms with Crippen LogP contribution in [0.25, 0.3) is 10.8 Å². The summed E-state index contributed by atoms with van der Waals surface area (Å²) in [6, 6.07) is 13.1. The maximum absolute atomic E-state index is 13.0. The molecule has 1 fully saturated rings. The lowest BCUT2D eigenvalue weighted by molar-refractivity contribution is -0.117. The number of amides is 1. The van der Waals surface area contributed by atoms with E-state index >= 15 is 0 Å². The SMILES string of the molecule is Cc1cc(NC(=O)Cn2nc(N3CCCC(C)C3)c3ccccc3c2=O)ccc1Br. The van der Waals surface area contributed by atoms with E-state index in [0.717, 1.165) is 40.8 Å². The van der Waals surface area contributed by atoms with Crippen molar-refractivity contribution < 1.29 is 4.79 Å². The van der Waals surface area contributed by atoms with Crippen molar-refractivity contribution in [2.24, 2.45) is 5.92 Å². The van der Waals surface area contributed by atoms with Gasteiger partial charge in [0.1, 0.15) is 6.54 Å². The minimum Gasteiger partial charge on any atom is -0.354 e. The topological polar surface area (TPSA) is 67.2 Å². The normalized spacial score (nSPS) is 16.6. The van der Waals surface area contributed by atoms with Crippen LogP contribution in [0.15, 0.2) is 51.7 Å². The van der Waals surface area contributed by atoms with Crippen LogP contribution in [0.5, 0.6) is 0 Å². The number of fused-ring (bicyclic) bond motifs is 1. The van der Waals surface area contributed by atoms with Gasteiger partial charge in [-0.25, -0.2) is 4.68 Å². The van der Waals surface area contributed by atoms with Gasteiger partial charge >= 0.3 is 0 Å². The van der Waals surface area contributed by atoms with Crippen molar-refractivity contribution in [1.82, 2.24) is 9.78 Å². The average Bonchev–Trinajstić information content (AvgIpc) is 2.73. The number of piperidine rings is 1. The van der Waals surface area contributed by atoms with Gasteiger partial charge in [0.2, 0.25) is 5.91 Å². The minimum atomic E-state index is -0.278. The number of hydrogen-bond donors (Lipinski definition) is 1. The van der Waals surface area contributed by atoms with Crippen LogP contribution in [0.1, 0.15) is 25.3 Å². The van der Waals surface area contributed by atoms with Gasteiger partial charge in [-0.15, -0.1) is 0 Å². The monoisotopic (exact) mass is 468 g/mol. The van der Waals surface area contributed by atoms with Gasteiger partial charge in [-0.05, 0) is 55.5 Å². The number of rotatable bonds is 4. The van der Waals surface area contributed by atoms with Crippen LogP contribution >= 0.6 is 15.9 Å². The Kier molecular flexibility index (Phi) is 5.90. The lowest BCUT2D eigenvalue weighted by Crippen LogP contribution is -2.38. The third kappa shape index (κ3) is 4.26. The molecule has 0 radical (unpaired) electrons. The highest BCUT2D eigenvalue weighted by Crippen LogP contribution is 2.27. The van der Waals surface area contributed by atoms with Crippen molar-refractivity contribution >= 4 is 44.1 Å². The molecule has 1 aromatic heterocycles. The Morgan fingerprint density at radius 1 is 1.23 bits per heavy atom. The number of nitrogens with one attached hydrogen (secondary N) is 1. The van der Waals surface area contributed by atoms with E-state index in [4.69, 9.17) is 0 Å². The summed E-state index contributed by atoms with van der Waals surface area (Å²) in [5.41, 5.74) is 1.47. The molecule has 1 aliphatic heterocycles. The largest absolute Gasteiger partial charge is 0.354 e. The molecule has 1 unspecified atom stereocenters. The Balaban J connectivity index is 1.66. The molecule has 1 amide bonds. The molecule has 156 valence electrons. The highest BCUT2D eigenvalue weighted by Gasteiger charge is 2.22. The summed E-state index contributed by atoms with van der Waals surface area (Å²) in [6.45, 7) is 5.87. The van der Waals surface area contributed by atoms with Crippen LogP contribution in [0, 0.1) is 12.8 Å². The maximum Gasteiger partial charge on any atom is 0.275 e. The van der Waals surface area contributed by atoms with Gasteiger partial charge in [0.25, 0.3) is 5.56 Å². The van der Waals surface area contributed by atoms with E-state index < -0.39 is 0 Å². The number of carbonyl (C=O) groups excluding carboxylic acids is 1. The van der Waals surface area contributed by atoms with Gasteiger partial charge in [-0.1, -0.05) is 41.1 Å². The molecule has 3 aromatic rings. The molecule has 0 saturated carbocycles. The number of nitrogens with zero attached hydrogens (tertiary/aromatic N) is 3. The lowest BCUT2D eigenvalue weighted by Gasteiger charge is -2.32. The summed E-state index contributed by atoms with van der Waals surface area (Å²) in [5.74, 6) is 1.08. The summed E-state index contributed by atoms with van der Waals surface area (Å²) < 4.78 is 2.27. The van der Waals surface area contributed by atoms with Crippen LogP contribution in [-0.2, 0) is 11.3 Å². The first kappa shape index (κ1) is 20.6. The number of aromatic nitrogens is 2. The number of anilines is 2. The number of aryl methyl sites for hydroxylation is 1. The lowest BCUT2D eigenvalue weighted by atomic mass is 10.00. The average molecular weight is 469 g/mol. The highest BCUT2D eigenvalue weighted by molar-refractivity contribution is 9.10. The van der Waals surface area contributed by atoms with E-state index in [1.807, 2.05) is 49.4 Å². The second-order valence-corrected chi connectivity index (χ2v) is 8.89. The van der Waals surface area contributed by atoms with E-state index in [1.54, 1.807) is 0 Å². The molecule has 0 aliphatic carbocycles. The summed E-state index contributed by atoms with van der Waals surface area (Å²) in [7, 11) is 0. The molecule has 30 heavy (non-hydrogen) atoms. The predicted octanol–water partition coefficient (Wildman–Crippen LogP) is 4.34. The molecule has 1 aliphatic rings. The van der Waals surface area contributed by atoms with E-state index in [-0.39, 0.29) is 18.0 Å². The summed E-state index contributed by atoms with van der Waals surface area (Å²) in [4.78, 5) is 27.9. The number of hydrogen-bond acceptors (Lipinski definition) is 4. The summed E-state index contributed by atoms with van der Waals surface area (Å²) in [5, 5.41) is 8.94. The Labute approximate surface area is 184 Å². The van der Waals surface area contributed by atoms with Gasteiger partial charge in [-0.2, -0.15) is 5.10 Å². The first-order chi connectivity index (χ1) is 14.4. The molecule has 4 rings (SSSR count). The zero-order chi connectivity index (χ0) is 21.3. The van der Waals surface area contributed by atoms with Crippen molar-refractivity contribution in [3.8, 4) is 0 Å². The Hall–Kier alpha value is -2.67. The fourth-order valence-electron chi connectivity index (χ4n) is 4.00. The number of halogens is 1.